The first-order valence-electron chi connectivity index (χ1n) is 5.96. The SMILES string of the molecule is CC(C)(CCO)NC(=O)c1cc(-c2cccs2)on1. The molecule has 0 aliphatic heterocycles. The number of aliphatic hydroxyl groups excluding tert-OH is 1. The maximum atomic E-state index is 12.0. The Hall–Kier alpha value is -1.66. The van der Waals surface area contributed by atoms with Crippen LogP contribution in [-0.4, -0.2) is 28.3 Å². The summed E-state index contributed by atoms with van der Waals surface area (Å²) in [6, 6.07) is 5.44. The van der Waals surface area contributed by atoms with Gasteiger partial charge in [-0.1, -0.05) is 11.2 Å². The molecule has 0 fully saturated rings. The zero-order valence-corrected chi connectivity index (χ0v) is 11.7. The number of carbonyl (C=O) groups is 1. The van der Waals surface area contributed by atoms with E-state index < -0.39 is 5.54 Å². The van der Waals surface area contributed by atoms with Crippen LogP contribution in [-0.2, 0) is 0 Å². The minimum absolute atomic E-state index is 0.0204. The number of thiophene rings is 1. The molecule has 5 nitrogen and oxygen atoms in total. The lowest BCUT2D eigenvalue weighted by Gasteiger charge is -2.24. The smallest absolute Gasteiger partial charge is 0.273 e. The molecule has 0 aliphatic carbocycles. The molecule has 102 valence electrons. The summed E-state index contributed by atoms with van der Waals surface area (Å²) >= 11 is 1.52. The Balaban J connectivity index is 2.08. The number of amides is 1. The molecule has 0 aliphatic rings. The average molecular weight is 280 g/mol. The van der Waals surface area contributed by atoms with Gasteiger partial charge in [-0.3, -0.25) is 4.79 Å². The summed E-state index contributed by atoms with van der Waals surface area (Å²) in [6.45, 7) is 3.72. The largest absolute Gasteiger partial charge is 0.396 e. The third kappa shape index (κ3) is 3.42. The van der Waals surface area contributed by atoms with Crippen LogP contribution in [0.5, 0.6) is 0 Å². The van der Waals surface area contributed by atoms with Crippen LogP contribution in [0.3, 0.4) is 0 Å². The van der Waals surface area contributed by atoms with Crippen LogP contribution in [0.2, 0.25) is 0 Å². The van der Waals surface area contributed by atoms with E-state index in [1.54, 1.807) is 6.07 Å². The Kier molecular flexibility index (Phi) is 4.01. The number of nitrogens with zero attached hydrogens (tertiary/aromatic N) is 1. The lowest BCUT2D eigenvalue weighted by molar-refractivity contribution is 0.0890. The van der Waals surface area contributed by atoms with E-state index >= 15 is 0 Å². The maximum absolute atomic E-state index is 12.0. The molecule has 0 bridgehead atoms. The van der Waals surface area contributed by atoms with Gasteiger partial charge in [0.15, 0.2) is 11.5 Å². The first-order valence-corrected chi connectivity index (χ1v) is 6.84. The van der Waals surface area contributed by atoms with E-state index in [0.717, 1.165) is 4.88 Å². The van der Waals surface area contributed by atoms with Crippen molar-refractivity contribution in [1.82, 2.24) is 10.5 Å². The molecule has 0 aromatic carbocycles. The lowest BCUT2D eigenvalue weighted by Crippen LogP contribution is -2.44. The molecule has 0 spiro atoms. The molecule has 0 radical (unpaired) electrons. The summed E-state index contributed by atoms with van der Waals surface area (Å²) in [6.07, 6.45) is 0.481. The zero-order chi connectivity index (χ0) is 13.9. The van der Waals surface area contributed by atoms with Crippen LogP contribution >= 0.6 is 11.3 Å². The monoisotopic (exact) mass is 280 g/mol. The molecule has 6 heteroatoms. The number of aliphatic hydroxyl groups is 1. The minimum atomic E-state index is -0.478. The first-order chi connectivity index (χ1) is 9.02. The Morgan fingerprint density at radius 2 is 2.37 bits per heavy atom. The average Bonchev–Trinajstić information content (AvgIpc) is 2.99. The number of aromatic nitrogens is 1. The van der Waals surface area contributed by atoms with Gasteiger partial charge in [0, 0.05) is 18.2 Å². The molecule has 2 aromatic rings. The minimum Gasteiger partial charge on any atom is -0.396 e. The van der Waals surface area contributed by atoms with Gasteiger partial charge in [0.05, 0.1) is 4.88 Å². The normalized spacial score (nSPS) is 11.5. The summed E-state index contributed by atoms with van der Waals surface area (Å²) in [7, 11) is 0. The fraction of sp³-hybridized carbons (Fsp3) is 0.385. The lowest BCUT2D eigenvalue weighted by atomic mass is 10.0. The van der Waals surface area contributed by atoms with E-state index in [0.29, 0.717) is 12.2 Å². The molecule has 0 saturated heterocycles. The van der Waals surface area contributed by atoms with Gasteiger partial charge in [-0.2, -0.15) is 0 Å². The second-order valence-electron chi connectivity index (χ2n) is 4.87. The number of hydrogen-bond acceptors (Lipinski definition) is 5. The van der Waals surface area contributed by atoms with Gasteiger partial charge in [0.2, 0.25) is 0 Å². The second kappa shape index (κ2) is 5.54. The molecule has 0 atom stereocenters. The van der Waals surface area contributed by atoms with Crippen LogP contribution in [0.1, 0.15) is 30.8 Å². The predicted octanol–water partition coefficient (Wildman–Crippen LogP) is 2.29. The van der Waals surface area contributed by atoms with E-state index in [1.165, 1.54) is 11.3 Å². The van der Waals surface area contributed by atoms with Crippen molar-refractivity contribution in [2.75, 3.05) is 6.61 Å². The van der Waals surface area contributed by atoms with E-state index in [4.69, 9.17) is 9.63 Å². The molecule has 2 N–H and O–H groups in total. The zero-order valence-electron chi connectivity index (χ0n) is 10.8. The number of carbonyl (C=O) groups excluding carboxylic acids is 1. The van der Waals surface area contributed by atoms with E-state index in [-0.39, 0.29) is 18.2 Å². The van der Waals surface area contributed by atoms with Crippen molar-refractivity contribution in [3.8, 4) is 10.6 Å². The van der Waals surface area contributed by atoms with Crippen LogP contribution in [0, 0.1) is 0 Å². The Morgan fingerprint density at radius 1 is 1.58 bits per heavy atom. The fourth-order valence-electron chi connectivity index (χ4n) is 1.63. The quantitative estimate of drug-likeness (QED) is 0.881. The third-order valence-electron chi connectivity index (χ3n) is 2.70. The van der Waals surface area contributed by atoms with Gasteiger partial charge in [-0.25, -0.2) is 0 Å². The van der Waals surface area contributed by atoms with Crippen molar-refractivity contribution in [3.05, 3.63) is 29.3 Å². The maximum Gasteiger partial charge on any atom is 0.273 e. The van der Waals surface area contributed by atoms with Crippen molar-refractivity contribution in [2.24, 2.45) is 0 Å². The highest BCUT2D eigenvalue weighted by Crippen LogP contribution is 2.25. The molecule has 2 aromatic heterocycles. The molecule has 0 unspecified atom stereocenters. The first kappa shape index (κ1) is 13.8. The summed E-state index contributed by atoms with van der Waals surface area (Å²) in [5, 5.41) is 17.5. The van der Waals surface area contributed by atoms with Crippen LogP contribution < -0.4 is 5.32 Å². The van der Waals surface area contributed by atoms with Gasteiger partial charge >= 0.3 is 0 Å². The molecule has 0 saturated carbocycles. The van der Waals surface area contributed by atoms with Crippen LogP contribution in [0.4, 0.5) is 0 Å². The van der Waals surface area contributed by atoms with Gasteiger partial charge in [0.25, 0.3) is 5.91 Å². The fourth-order valence-corrected chi connectivity index (χ4v) is 2.30. The molecule has 1 amide bonds. The van der Waals surface area contributed by atoms with Crippen molar-refractivity contribution in [2.45, 2.75) is 25.8 Å². The summed E-state index contributed by atoms with van der Waals surface area (Å²) < 4.78 is 5.15. The molecule has 19 heavy (non-hydrogen) atoms. The van der Waals surface area contributed by atoms with Gasteiger partial charge < -0.3 is 14.9 Å². The third-order valence-corrected chi connectivity index (χ3v) is 3.58. The number of hydrogen-bond donors (Lipinski definition) is 2. The van der Waals surface area contributed by atoms with E-state index in [9.17, 15) is 4.79 Å². The number of rotatable bonds is 5. The molecule has 2 heterocycles. The predicted molar refractivity (Wildman–Crippen MR) is 73.1 cm³/mol. The standard InChI is InChI=1S/C13H16N2O3S/c1-13(2,5-6-16)14-12(17)9-8-10(18-15-9)11-4-3-7-19-11/h3-4,7-8,16H,5-6H2,1-2H3,(H,14,17). The summed E-state index contributed by atoms with van der Waals surface area (Å²) in [4.78, 5) is 12.9. The van der Waals surface area contributed by atoms with Crippen molar-refractivity contribution >= 4 is 17.2 Å². The van der Waals surface area contributed by atoms with Crippen molar-refractivity contribution < 1.29 is 14.4 Å². The Morgan fingerprint density at radius 3 is 3.00 bits per heavy atom. The summed E-state index contributed by atoms with van der Waals surface area (Å²) in [5.74, 6) is 0.283. The van der Waals surface area contributed by atoms with Crippen molar-refractivity contribution in [3.63, 3.8) is 0 Å². The highest BCUT2D eigenvalue weighted by atomic mass is 32.1. The topological polar surface area (TPSA) is 75.4 Å². The van der Waals surface area contributed by atoms with Crippen LogP contribution in [0.25, 0.3) is 10.6 Å². The van der Waals surface area contributed by atoms with Crippen molar-refractivity contribution in [1.29, 1.82) is 0 Å². The molecular formula is C13H16N2O3S. The van der Waals surface area contributed by atoms with Gasteiger partial charge in [-0.05, 0) is 31.7 Å². The Bertz CT molecular complexity index is 546. The highest BCUT2D eigenvalue weighted by Gasteiger charge is 2.23. The highest BCUT2D eigenvalue weighted by molar-refractivity contribution is 7.13. The molecule has 2 rings (SSSR count). The second-order valence-corrected chi connectivity index (χ2v) is 5.81. The van der Waals surface area contributed by atoms with Crippen LogP contribution in [0.15, 0.2) is 28.1 Å². The molecular weight excluding hydrogens is 264 g/mol. The van der Waals surface area contributed by atoms with Gasteiger partial charge in [-0.15, -0.1) is 11.3 Å². The Labute approximate surface area is 115 Å². The summed E-state index contributed by atoms with van der Waals surface area (Å²) in [5.41, 5.74) is -0.233. The van der Waals surface area contributed by atoms with E-state index in [2.05, 4.69) is 10.5 Å². The van der Waals surface area contributed by atoms with E-state index in [1.807, 2.05) is 31.4 Å². The number of nitrogens with one attached hydrogen (secondary N) is 1. The van der Waals surface area contributed by atoms with Gasteiger partial charge in [0.1, 0.15) is 0 Å².